The summed E-state index contributed by atoms with van der Waals surface area (Å²) in [6.07, 6.45) is 0. The van der Waals surface area contributed by atoms with E-state index in [-0.39, 0.29) is 11.9 Å². The zero-order valence-corrected chi connectivity index (χ0v) is 14.3. The number of halogens is 2. The molecule has 6 heteroatoms. The Morgan fingerprint density at radius 1 is 1.24 bits per heavy atom. The molecule has 1 N–H and O–H groups in total. The van der Waals surface area contributed by atoms with E-state index in [9.17, 15) is 4.79 Å². The number of rotatable bonds is 4. The quantitative estimate of drug-likeness (QED) is 0.854. The van der Waals surface area contributed by atoms with E-state index in [4.69, 9.17) is 23.2 Å². The maximum absolute atomic E-state index is 12.2. The Hall–Kier alpha value is -1.23. The first-order valence-corrected chi connectivity index (χ1v) is 7.98. The summed E-state index contributed by atoms with van der Waals surface area (Å²) in [6, 6.07) is 9.10. The highest BCUT2D eigenvalue weighted by Crippen LogP contribution is 2.31. The third-order valence-electron chi connectivity index (χ3n) is 3.01. The average molecular weight is 343 g/mol. The van der Waals surface area contributed by atoms with Crippen LogP contribution in [-0.4, -0.2) is 24.9 Å². The van der Waals surface area contributed by atoms with Crippen LogP contribution in [0.3, 0.4) is 0 Å². The number of carbonyl (C=O) groups excluding carboxylic acids is 1. The fourth-order valence-corrected chi connectivity index (χ4v) is 3.16. The van der Waals surface area contributed by atoms with Gasteiger partial charge in [0.2, 0.25) is 0 Å². The highest BCUT2D eigenvalue weighted by Gasteiger charge is 2.16. The number of amides is 1. The summed E-state index contributed by atoms with van der Waals surface area (Å²) >= 11 is 13.5. The lowest BCUT2D eigenvalue weighted by Crippen LogP contribution is -2.23. The van der Waals surface area contributed by atoms with Gasteiger partial charge >= 0.3 is 0 Å². The van der Waals surface area contributed by atoms with Crippen LogP contribution in [0.5, 0.6) is 0 Å². The fraction of sp³-hybridized carbons (Fsp3) is 0.267. The minimum absolute atomic E-state index is 0.0367. The summed E-state index contributed by atoms with van der Waals surface area (Å²) < 4.78 is 0.745. The monoisotopic (exact) mass is 342 g/mol. The van der Waals surface area contributed by atoms with Gasteiger partial charge in [-0.05, 0) is 37.3 Å². The average Bonchev–Trinajstić information content (AvgIpc) is 2.85. The number of thiophene rings is 1. The molecule has 0 aliphatic rings. The van der Waals surface area contributed by atoms with E-state index in [1.165, 1.54) is 11.3 Å². The second-order valence-corrected chi connectivity index (χ2v) is 7.08. The highest BCUT2D eigenvalue weighted by atomic mass is 35.5. The van der Waals surface area contributed by atoms with Crippen molar-refractivity contribution < 1.29 is 4.79 Å². The minimum Gasteiger partial charge on any atom is -0.377 e. The van der Waals surface area contributed by atoms with E-state index in [0.29, 0.717) is 10.6 Å². The lowest BCUT2D eigenvalue weighted by atomic mass is 10.1. The van der Waals surface area contributed by atoms with Crippen molar-refractivity contribution in [2.45, 2.75) is 13.0 Å². The second-order valence-electron chi connectivity index (χ2n) is 4.90. The summed E-state index contributed by atoms with van der Waals surface area (Å²) in [4.78, 5) is 14.9. The molecule has 0 saturated heterocycles. The van der Waals surface area contributed by atoms with Gasteiger partial charge in [0.15, 0.2) is 0 Å². The van der Waals surface area contributed by atoms with Gasteiger partial charge in [0.25, 0.3) is 5.91 Å². The van der Waals surface area contributed by atoms with Crippen molar-refractivity contribution in [3.63, 3.8) is 0 Å². The molecule has 2 rings (SSSR count). The number of nitrogens with zero attached hydrogens (tertiary/aromatic N) is 1. The van der Waals surface area contributed by atoms with Gasteiger partial charge < -0.3 is 10.2 Å². The largest absolute Gasteiger partial charge is 0.377 e. The lowest BCUT2D eigenvalue weighted by molar-refractivity contribution is 0.0828. The van der Waals surface area contributed by atoms with E-state index in [1.54, 1.807) is 37.2 Å². The van der Waals surface area contributed by atoms with Crippen LogP contribution in [-0.2, 0) is 0 Å². The lowest BCUT2D eigenvalue weighted by Gasteiger charge is -2.19. The SMILES string of the molecule is CC(Nc1cc(Cl)ccc1C(=O)N(C)C)c1ccc(Cl)s1. The van der Waals surface area contributed by atoms with Crippen LogP contribution in [0, 0.1) is 0 Å². The van der Waals surface area contributed by atoms with Crippen LogP contribution < -0.4 is 5.32 Å². The molecule has 21 heavy (non-hydrogen) atoms. The van der Waals surface area contributed by atoms with Crippen molar-refractivity contribution >= 4 is 46.1 Å². The maximum Gasteiger partial charge on any atom is 0.255 e. The molecule has 1 heterocycles. The number of nitrogens with one attached hydrogen (secondary N) is 1. The van der Waals surface area contributed by atoms with Crippen molar-refractivity contribution in [2.24, 2.45) is 0 Å². The Kier molecular flexibility index (Phi) is 5.14. The minimum atomic E-state index is -0.0643. The van der Waals surface area contributed by atoms with Crippen LogP contribution >= 0.6 is 34.5 Å². The van der Waals surface area contributed by atoms with Crippen LogP contribution in [0.1, 0.15) is 28.2 Å². The van der Waals surface area contributed by atoms with Gasteiger partial charge in [-0.15, -0.1) is 11.3 Å². The van der Waals surface area contributed by atoms with E-state index in [0.717, 1.165) is 14.9 Å². The van der Waals surface area contributed by atoms with Crippen molar-refractivity contribution in [2.75, 3.05) is 19.4 Å². The van der Waals surface area contributed by atoms with Crippen LogP contribution in [0.25, 0.3) is 0 Å². The topological polar surface area (TPSA) is 32.3 Å². The van der Waals surface area contributed by atoms with Crippen molar-refractivity contribution in [3.05, 3.63) is 50.1 Å². The van der Waals surface area contributed by atoms with Gasteiger partial charge in [0.1, 0.15) is 0 Å². The third kappa shape index (κ3) is 3.90. The number of anilines is 1. The first kappa shape index (κ1) is 16.1. The molecule has 0 saturated carbocycles. The molecular weight excluding hydrogens is 327 g/mol. The van der Waals surface area contributed by atoms with Gasteiger partial charge in [0.05, 0.1) is 15.9 Å². The Morgan fingerprint density at radius 2 is 1.95 bits per heavy atom. The summed E-state index contributed by atoms with van der Waals surface area (Å²) in [5, 5.41) is 3.92. The standard InChI is InChI=1S/C15H16Cl2N2OS/c1-9(13-6-7-14(17)21-13)18-12-8-10(16)4-5-11(12)15(20)19(2)3/h4-9,18H,1-3H3. The molecule has 1 amide bonds. The predicted molar refractivity (Wildman–Crippen MR) is 90.8 cm³/mol. The van der Waals surface area contributed by atoms with E-state index < -0.39 is 0 Å². The highest BCUT2D eigenvalue weighted by molar-refractivity contribution is 7.16. The molecule has 1 aromatic heterocycles. The molecule has 0 radical (unpaired) electrons. The van der Waals surface area contributed by atoms with E-state index in [1.807, 2.05) is 19.1 Å². The van der Waals surface area contributed by atoms with Gasteiger partial charge in [-0.1, -0.05) is 23.2 Å². The molecule has 0 bridgehead atoms. The zero-order chi connectivity index (χ0) is 15.6. The smallest absolute Gasteiger partial charge is 0.255 e. The summed E-state index contributed by atoms with van der Waals surface area (Å²) in [5.41, 5.74) is 1.32. The molecule has 1 unspecified atom stereocenters. The molecule has 1 atom stereocenters. The molecule has 3 nitrogen and oxygen atoms in total. The summed E-state index contributed by atoms with van der Waals surface area (Å²) in [6.45, 7) is 2.02. The van der Waals surface area contributed by atoms with Gasteiger partial charge in [-0.3, -0.25) is 4.79 Å². The molecular formula is C15H16Cl2N2OS. The van der Waals surface area contributed by atoms with Crippen molar-refractivity contribution in [1.29, 1.82) is 0 Å². The predicted octanol–water partition coefficient (Wildman–Crippen LogP) is 4.93. The molecule has 1 aromatic carbocycles. The normalized spacial score (nSPS) is 12.0. The number of carbonyl (C=O) groups is 1. The Bertz CT molecular complexity index is 655. The van der Waals surface area contributed by atoms with E-state index in [2.05, 4.69) is 5.32 Å². The second kappa shape index (κ2) is 6.69. The number of hydrogen-bond acceptors (Lipinski definition) is 3. The van der Waals surface area contributed by atoms with Gasteiger partial charge in [-0.25, -0.2) is 0 Å². The summed E-state index contributed by atoms with van der Waals surface area (Å²) in [5.74, 6) is -0.0643. The van der Waals surface area contributed by atoms with Crippen LogP contribution in [0.4, 0.5) is 5.69 Å². The van der Waals surface area contributed by atoms with Crippen LogP contribution in [0.15, 0.2) is 30.3 Å². The fourth-order valence-electron chi connectivity index (χ4n) is 1.93. The molecule has 2 aromatic rings. The third-order valence-corrected chi connectivity index (χ3v) is 4.66. The molecule has 0 fully saturated rings. The summed E-state index contributed by atoms with van der Waals surface area (Å²) in [7, 11) is 3.45. The zero-order valence-electron chi connectivity index (χ0n) is 12.0. The maximum atomic E-state index is 12.2. The molecule has 112 valence electrons. The first-order chi connectivity index (χ1) is 9.88. The first-order valence-electron chi connectivity index (χ1n) is 6.41. The van der Waals surface area contributed by atoms with Crippen molar-refractivity contribution in [1.82, 2.24) is 4.90 Å². The molecule has 0 aliphatic carbocycles. The Balaban J connectivity index is 2.30. The molecule has 0 spiro atoms. The van der Waals surface area contributed by atoms with Gasteiger partial charge in [-0.2, -0.15) is 0 Å². The van der Waals surface area contributed by atoms with Crippen molar-refractivity contribution in [3.8, 4) is 0 Å². The van der Waals surface area contributed by atoms with Crippen LogP contribution in [0.2, 0.25) is 9.36 Å². The number of hydrogen-bond donors (Lipinski definition) is 1. The van der Waals surface area contributed by atoms with Gasteiger partial charge in [0, 0.05) is 29.7 Å². The van der Waals surface area contributed by atoms with E-state index >= 15 is 0 Å². The Morgan fingerprint density at radius 3 is 2.52 bits per heavy atom. The number of benzene rings is 1. The Labute approximate surface area is 138 Å². The molecule has 0 aliphatic heterocycles.